The molecule has 0 aliphatic heterocycles. The van der Waals surface area contributed by atoms with Crippen LogP contribution >= 0.6 is 0 Å². The van der Waals surface area contributed by atoms with Crippen molar-refractivity contribution in [2.75, 3.05) is 6.61 Å². The second-order valence-corrected chi connectivity index (χ2v) is 8.64. The smallest absolute Gasteiger partial charge is 0.209 e. The lowest BCUT2D eigenvalue weighted by molar-refractivity contribution is 0.340. The molecule has 0 saturated heterocycles. The van der Waals surface area contributed by atoms with Gasteiger partial charge in [0.15, 0.2) is 0 Å². The molecular formula is C30H36BFN2O. The van der Waals surface area contributed by atoms with E-state index in [4.69, 9.17) is 4.74 Å². The summed E-state index contributed by atoms with van der Waals surface area (Å²) in [6.45, 7) is 7.48. The molecule has 0 aliphatic carbocycles. The van der Waals surface area contributed by atoms with Gasteiger partial charge in [-0.05, 0) is 48.7 Å². The van der Waals surface area contributed by atoms with Crippen molar-refractivity contribution in [1.82, 2.24) is 9.97 Å². The highest BCUT2D eigenvalue weighted by molar-refractivity contribution is 6.85. The molecule has 0 unspecified atom stereocenters. The van der Waals surface area contributed by atoms with Crippen LogP contribution in [0.2, 0.25) is 6.32 Å². The van der Waals surface area contributed by atoms with Gasteiger partial charge in [-0.3, -0.25) is 0 Å². The van der Waals surface area contributed by atoms with Crippen LogP contribution in [0.4, 0.5) is 4.39 Å². The van der Waals surface area contributed by atoms with E-state index in [-0.39, 0.29) is 5.82 Å². The number of halogens is 1. The van der Waals surface area contributed by atoms with Crippen LogP contribution in [0.15, 0.2) is 85.2 Å². The molecule has 1 heterocycles. The van der Waals surface area contributed by atoms with E-state index in [1.165, 1.54) is 30.1 Å². The molecule has 1 aromatic heterocycles. The molecule has 0 amide bonds. The van der Waals surface area contributed by atoms with Gasteiger partial charge in [0.2, 0.25) is 6.71 Å². The van der Waals surface area contributed by atoms with Crippen LogP contribution in [0.5, 0.6) is 5.75 Å². The van der Waals surface area contributed by atoms with Gasteiger partial charge in [0.05, 0.1) is 6.61 Å². The molecule has 182 valence electrons. The summed E-state index contributed by atoms with van der Waals surface area (Å²) < 4.78 is 18.8. The van der Waals surface area contributed by atoms with Crippen molar-refractivity contribution in [1.29, 1.82) is 0 Å². The van der Waals surface area contributed by atoms with Gasteiger partial charge in [-0.25, -0.2) is 9.37 Å². The van der Waals surface area contributed by atoms with Crippen molar-refractivity contribution in [3.63, 3.8) is 0 Å². The minimum absolute atomic E-state index is 0.170. The van der Waals surface area contributed by atoms with Crippen molar-refractivity contribution in [3.8, 4) is 5.75 Å². The van der Waals surface area contributed by atoms with Gasteiger partial charge >= 0.3 is 0 Å². The fraction of sp³-hybridized carbons (Fsp3) is 0.300. The van der Waals surface area contributed by atoms with Crippen LogP contribution in [0.25, 0.3) is 0 Å². The lowest BCUT2D eigenvalue weighted by Crippen LogP contribution is -2.41. The number of benzene rings is 3. The van der Waals surface area contributed by atoms with E-state index in [2.05, 4.69) is 65.4 Å². The maximum absolute atomic E-state index is 13.2. The molecule has 4 aromatic rings. The maximum Gasteiger partial charge on any atom is 0.209 e. The summed E-state index contributed by atoms with van der Waals surface area (Å²) in [4.78, 5) is 7.13. The predicted octanol–water partition coefficient (Wildman–Crippen LogP) is 6.20. The monoisotopic (exact) mass is 470 g/mol. The van der Waals surface area contributed by atoms with E-state index >= 15 is 0 Å². The predicted molar refractivity (Wildman–Crippen MR) is 146 cm³/mol. The summed E-state index contributed by atoms with van der Waals surface area (Å²) in [7, 11) is 0. The molecular weight excluding hydrogens is 434 g/mol. The molecule has 1 N–H and O–H groups in total. The fourth-order valence-electron chi connectivity index (χ4n) is 4.22. The minimum atomic E-state index is -0.170. The Bertz CT molecular complexity index is 1130. The highest BCUT2D eigenvalue weighted by Gasteiger charge is 2.18. The molecule has 0 saturated carbocycles. The average molecular weight is 470 g/mol. The van der Waals surface area contributed by atoms with Crippen molar-refractivity contribution < 1.29 is 9.13 Å². The van der Waals surface area contributed by atoms with Gasteiger partial charge in [0.1, 0.15) is 17.4 Å². The molecule has 0 radical (unpaired) electrons. The molecule has 4 rings (SSSR count). The summed E-state index contributed by atoms with van der Waals surface area (Å²) in [5.41, 5.74) is 4.74. The van der Waals surface area contributed by atoms with E-state index in [1.807, 2.05) is 26.0 Å². The Kier molecular flexibility index (Phi) is 10.6. The van der Waals surface area contributed by atoms with E-state index in [1.54, 1.807) is 24.5 Å². The zero-order chi connectivity index (χ0) is 24.9. The van der Waals surface area contributed by atoms with Crippen molar-refractivity contribution in [2.45, 2.75) is 52.8 Å². The highest BCUT2D eigenvalue weighted by atomic mass is 19.1. The van der Waals surface area contributed by atoms with Gasteiger partial charge in [-0.2, -0.15) is 0 Å². The molecule has 0 bridgehead atoms. The largest absolute Gasteiger partial charge is 0.494 e. The Labute approximate surface area is 209 Å². The fourth-order valence-corrected chi connectivity index (χ4v) is 4.22. The van der Waals surface area contributed by atoms with Crippen LogP contribution in [-0.2, 0) is 12.8 Å². The zero-order valence-corrected chi connectivity index (χ0v) is 21.1. The number of nitrogens with zero attached hydrogens (tertiary/aromatic N) is 1. The highest BCUT2D eigenvalue weighted by Crippen LogP contribution is 2.13. The van der Waals surface area contributed by atoms with E-state index < -0.39 is 0 Å². The number of aromatic amines is 1. The Morgan fingerprint density at radius 3 is 2.34 bits per heavy atom. The first kappa shape index (κ1) is 26.3. The number of hydrogen-bond acceptors (Lipinski definition) is 2. The number of rotatable bonds is 10. The van der Waals surface area contributed by atoms with Gasteiger partial charge < -0.3 is 9.72 Å². The van der Waals surface area contributed by atoms with Gasteiger partial charge in [-0.1, -0.05) is 92.5 Å². The number of hydrogen-bond donors (Lipinski definition) is 1. The van der Waals surface area contributed by atoms with Crippen molar-refractivity contribution >= 4 is 17.6 Å². The molecule has 5 heteroatoms. The Morgan fingerprint density at radius 2 is 1.66 bits per heavy atom. The Hall–Kier alpha value is -3.34. The third kappa shape index (κ3) is 8.43. The van der Waals surface area contributed by atoms with Crippen LogP contribution in [-0.4, -0.2) is 23.3 Å². The zero-order valence-electron chi connectivity index (χ0n) is 21.1. The number of unbranched alkanes of at least 4 members (excludes halogenated alkanes) is 1. The topological polar surface area (TPSA) is 37.9 Å². The second-order valence-electron chi connectivity index (χ2n) is 8.64. The molecule has 0 fully saturated rings. The average Bonchev–Trinajstić information content (AvgIpc) is 3.38. The first-order chi connectivity index (χ1) is 17.1. The van der Waals surface area contributed by atoms with Gasteiger partial charge in [-0.15, -0.1) is 0 Å². The normalized spacial score (nSPS) is 10.4. The lowest BCUT2D eigenvalue weighted by Gasteiger charge is -2.15. The number of imidazole rings is 1. The number of aromatic nitrogens is 2. The molecule has 3 aromatic carbocycles. The number of nitrogens with one attached hydrogen (secondary N) is 1. The summed E-state index contributed by atoms with van der Waals surface area (Å²) in [5.74, 6) is 1.67. The number of aryl methyl sites for hydroxylation is 1. The summed E-state index contributed by atoms with van der Waals surface area (Å²) in [5, 5.41) is 0. The van der Waals surface area contributed by atoms with E-state index in [0.29, 0.717) is 19.7 Å². The summed E-state index contributed by atoms with van der Waals surface area (Å²) in [6.07, 6.45) is 8.65. The third-order valence-electron chi connectivity index (χ3n) is 5.97. The lowest BCUT2D eigenvalue weighted by atomic mass is 9.38. The molecule has 0 aliphatic rings. The van der Waals surface area contributed by atoms with Crippen molar-refractivity contribution in [3.05, 3.63) is 108 Å². The van der Waals surface area contributed by atoms with E-state index in [9.17, 15) is 4.39 Å². The van der Waals surface area contributed by atoms with Crippen LogP contribution < -0.4 is 15.7 Å². The first-order valence-corrected chi connectivity index (χ1v) is 12.7. The van der Waals surface area contributed by atoms with Crippen LogP contribution in [0, 0.1) is 5.82 Å². The summed E-state index contributed by atoms with van der Waals surface area (Å²) >= 11 is 0. The SMILES string of the molecule is CCCCB(c1ccccc1)c1cccc(OCC)c1.CCc1cc(F)cc(Cc2ncc[nH]2)c1. The van der Waals surface area contributed by atoms with Crippen LogP contribution in [0.1, 0.15) is 50.6 Å². The summed E-state index contributed by atoms with van der Waals surface area (Å²) in [6, 6.07) is 24.5. The second kappa shape index (κ2) is 14.2. The third-order valence-corrected chi connectivity index (χ3v) is 5.97. The van der Waals surface area contributed by atoms with Gasteiger partial charge in [0.25, 0.3) is 0 Å². The molecule has 35 heavy (non-hydrogen) atoms. The molecule has 0 atom stereocenters. The maximum atomic E-state index is 13.2. The minimum Gasteiger partial charge on any atom is -0.494 e. The first-order valence-electron chi connectivity index (χ1n) is 12.7. The van der Waals surface area contributed by atoms with Gasteiger partial charge in [0, 0.05) is 18.8 Å². The standard InChI is InChI=1S/C18H23BO.C12H13FN2/c1-3-5-14-19(16-10-7-6-8-11-16)17-12-9-13-18(15-17)20-4-2;1-2-9-5-10(7-11(13)6-9)8-12-14-3-4-15-12/h6-13,15H,3-5,14H2,1-2H3;3-7H,2,8H2,1H3,(H,14,15). The molecule has 0 spiro atoms. The Balaban J connectivity index is 0.000000203. The van der Waals surface area contributed by atoms with E-state index in [0.717, 1.165) is 29.1 Å². The number of H-pyrrole nitrogens is 1. The number of ether oxygens (including phenoxy) is 1. The van der Waals surface area contributed by atoms with Crippen LogP contribution in [0.3, 0.4) is 0 Å². The van der Waals surface area contributed by atoms with Crippen molar-refractivity contribution in [2.24, 2.45) is 0 Å². The quantitative estimate of drug-likeness (QED) is 0.281. The molecule has 3 nitrogen and oxygen atoms in total. The Morgan fingerprint density at radius 1 is 0.886 bits per heavy atom.